The Balaban J connectivity index is 3.06. The molecule has 14 heavy (non-hydrogen) atoms. The van der Waals surface area contributed by atoms with Gasteiger partial charge in [-0.1, -0.05) is 31.2 Å². The SMILES string of the molecule is C/C=C/c1ccc(S(=O)(=O)CC)cc1. The summed E-state index contributed by atoms with van der Waals surface area (Å²) in [6.07, 6.45) is 3.85. The van der Waals surface area contributed by atoms with Crippen LogP contribution in [-0.2, 0) is 9.84 Å². The summed E-state index contributed by atoms with van der Waals surface area (Å²) in [7, 11) is -3.05. The first-order chi connectivity index (χ1) is 6.60. The zero-order valence-electron chi connectivity index (χ0n) is 8.40. The zero-order chi connectivity index (χ0) is 10.6. The number of rotatable bonds is 3. The average Bonchev–Trinajstić information content (AvgIpc) is 2.19. The maximum Gasteiger partial charge on any atom is 0.178 e. The highest BCUT2D eigenvalue weighted by molar-refractivity contribution is 7.91. The Morgan fingerprint density at radius 3 is 2.21 bits per heavy atom. The van der Waals surface area contributed by atoms with Gasteiger partial charge in [0.2, 0.25) is 0 Å². The van der Waals surface area contributed by atoms with Crippen LogP contribution in [0.25, 0.3) is 6.08 Å². The Bertz CT molecular complexity index is 413. The van der Waals surface area contributed by atoms with Gasteiger partial charge in [-0.05, 0) is 24.6 Å². The molecule has 0 aromatic heterocycles. The summed E-state index contributed by atoms with van der Waals surface area (Å²) in [5.74, 6) is 0.149. The Hall–Kier alpha value is -1.09. The minimum absolute atomic E-state index is 0.149. The molecule has 76 valence electrons. The molecule has 0 N–H and O–H groups in total. The number of allylic oxidation sites excluding steroid dienone is 1. The van der Waals surface area contributed by atoms with Gasteiger partial charge in [-0.15, -0.1) is 0 Å². The molecule has 0 heterocycles. The Kier molecular flexibility index (Phi) is 3.47. The topological polar surface area (TPSA) is 34.1 Å². The lowest BCUT2D eigenvalue weighted by Crippen LogP contribution is -2.02. The van der Waals surface area contributed by atoms with E-state index in [1.54, 1.807) is 19.1 Å². The van der Waals surface area contributed by atoms with Crippen LogP contribution in [0.1, 0.15) is 19.4 Å². The molecule has 0 aliphatic carbocycles. The standard InChI is InChI=1S/C11H14O2S/c1-3-5-10-6-8-11(9-7-10)14(12,13)4-2/h3,5-9H,4H2,1-2H3/b5-3+. The summed E-state index contributed by atoms with van der Waals surface area (Å²) in [5.41, 5.74) is 1.02. The first-order valence-electron chi connectivity index (χ1n) is 4.55. The third-order valence-electron chi connectivity index (χ3n) is 1.98. The lowest BCUT2D eigenvalue weighted by Gasteiger charge is -2.00. The van der Waals surface area contributed by atoms with Gasteiger partial charge in [-0.25, -0.2) is 8.42 Å². The summed E-state index contributed by atoms with van der Waals surface area (Å²) >= 11 is 0. The van der Waals surface area contributed by atoms with Crippen molar-refractivity contribution in [3.63, 3.8) is 0 Å². The molecule has 2 nitrogen and oxygen atoms in total. The summed E-state index contributed by atoms with van der Waals surface area (Å²) < 4.78 is 22.9. The van der Waals surface area contributed by atoms with E-state index in [0.717, 1.165) is 5.56 Å². The van der Waals surface area contributed by atoms with Crippen LogP contribution in [0.2, 0.25) is 0 Å². The third kappa shape index (κ3) is 2.45. The molecule has 0 spiro atoms. The fourth-order valence-electron chi connectivity index (χ4n) is 1.15. The molecule has 0 aliphatic rings. The molecule has 0 fully saturated rings. The highest BCUT2D eigenvalue weighted by atomic mass is 32.2. The van der Waals surface area contributed by atoms with Gasteiger partial charge in [0, 0.05) is 0 Å². The van der Waals surface area contributed by atoms with Gasteiger partial charge in [-0.3, -0.25) is 0 Å². The number of benzene rings is 1. The lowest BCUT2D eigenvalue weighted by atomic mass is 10.2. The van der Waals surface area contributed by atoms with E-state index in [1.165, 1.54) is 0 Å². The van der Waals surface area contributed by atoms with Crippen molar-refractivity contribution < 1.29 is 8.42 Å². The van der Waals surface area contributed by atoms with Crippen LogP contribution in [0.4, 0.5) is 0 Å². The Labute approximate surface area is 85.2 Å². The molecular formula is C11H14O2S. The minimum Gasteiger partial charge on any atom is -0.224 e. The first-order valence-corrected chi connectivity index (χ1v) is 6.21. The van der Waals surface area contributed by atoms with Crippen LogP contribution in [-0.4, -0.2) is 14.2 Å². The smallest absolute Gasteiger partial charge is 0.178 e. The lowest BCUT2D eigenvalue weighted by molar-refractivity contribution is 0.597. The van der Waals surface area contributed by atoms with E-state index < -0.39 is 9.84 Å². The highest BCUT2D eigenvalue weighted by Crippen LogP contribution is 2.12. The van der Waals surface area contributed by atoms with Gasteiger partial charge in [0.05, 0.1) is 10.6 Å². The van der Waals surface area contributed by atoms with E-state index in [9.17, 15) is 8.42 Å². The zero-order valence-corrected chi connectivity index (χ0v) is 9.21. The van der Waals surface area contributed by atoms with Crippen molar-refractivity contribution in [1.29, 1.82) is 0 Å². The summed E-state index contributed by atoms with van der Waals surface area (Å²) in [6, 6.07) is 6.91. The van der Waals surface area contributed by atoms with E-state index >= 15 is 0 Å². The van der Waals surface area contributed by atoms with E-state index in [2.05, 4.69) is 0 Å². The molecule has 0 unspecified atom stereocenters. The number of hydrogen-bond donors (Lipinski definition) is 0. The second-order valence-corrected chi connectivity index (χ2v) is 5.25. The third-order valence-corrected chi connectivity index (χ3v) is 3.73. The van der Waals surface area contributed by atoms with Crippen LogP contribution in [0.3, 0.4) is 0 Å². The van der Waals surface area contributed by atoms with Crippen molar-refractivity contribution in [1.82, 2.24) is 0 Å². The first kappa shape index (κ1) is 11.0. The Morgan fingerprint density at radius 1 is 1.21 bits per heavy atom. The van der Waals surface area contributed by atoms with Gasteiger partial charge >= 0.3 is 0 Å². The van der Waals surface area contributed by atoms with E-state index in [4.69, 9.17) is 0 Å². The predicted octanol–water partition coefficient (Wildman–Crippen LogP) is 2.51. The van der Waals surface area contributed by atoms with Gasteiger partial charge in [0.25, 0.3) is 0 Å². The average molecular weight is 210 g/mol. The molecule has 0 amide bonds. The number of sulfone groups is 1. The molecule has 0 bridgehead atoms. The van der Waals surface area contributed by atoms with E-state index in [0.29, 0.717) is 4.90 Å². The molecule has 0 saturated carbocycles. The maximum atomic E-state index is 11.5. The van der Waals surface area contributed by atoms with Gasteiger partial charge in [-0.2, -0.15) is 0 Å². The van der Waals surface area contributed by atoms with Gasteiger partial charge in [0.1, 0.15) is 0 Å². The normalized spacial score (nSPS) is 12.1. The van der Waals surface area contributed by atoms with E-state index in [-0.39, 0.29) is 5.75 Å². The molecule has 1 rings (SSSR count). The van der Waals surface area contributed by atoms with Crippen molar-refractivity contribution >= 4 is 15.9 Å². The molecular weight excluding hydrogens is 196 g/mol. The fraction of sp³-hybridized carbons (Fsp3) is 0.273. The Morgan fingerprint density at radius 2 is 1.79 bits per heavy atom. The monoisotopic (exact) mass is 210 g/mol. The molecule has 0 atom stereocenters. The van der Waals surface area contributed by atoms with Crippen molar-refractivity contribution in [3.05, 3.63) is 35.9 Å². The predicted molar refractivity (Wildman–Crippen MR) is 58.9 cm³/mol. The molecule has 1 aromatic carbocycles. The quantitative estimate of drug-likeness (QED) is 0.768. The van der Waals surface area contributed by atoms with Crippen molar-refractivity contribution in [3.8, 4) is 0 Å². The van der Waals surface area contributed by atoms with Gasteiger partial charge in [0.15, 0.2) is 9.84 Å². The van der Waals surface area contributed by atoms with E-state index in [1.807, 2.05) is 31.2 Å². The van der Waals surface area contributed by atoms with Crippen LogP contribution < -0.4 is 0 Å². The second kappa shape index (κ2) is 4.42. The fourth-order valence-corrected chi connectivity index (χ4v) is 2.03. The summed E-state index contributed by atoms with van der Waals surface area (Å²) in [5, 5.41) is 0. The van der Waals surface area contributed by atoms with Crippen LogP contribution in [0.5, 0.6) is 0 Å². The second-order valence-electron chi connectivity index (χ2n) is 2.97. The summed E-state index contributed by atoms with van der Waals surface area (Å²) in [4.78, 5) is 0.397. The molecule has 0 radical (unpaired) electrons. The molecule has 3 heteroatoms. The minimum atomic E-state index is -3.05. The molecule has 1 aromatic rings. The van der Waals surface area contributed by atoms with Gasteiger partial charge < -0.3 is 0 Å². The molecule has 0 saturated heterocycles. The van der Waals surface area contributed by atoms with Crippen molar-refractivity contribution in [2.45, 2.75) is 18.7 Å². The highest BCUT2D eigenvalue weighted by Gasteiger charge is 2.09. The summed E-state index contributed by atoms with van der Waals surface area (Å²) in [6.45, 7) is 3.58. The van der Waals surface area contributed by atoms with Crippen LogP contribution in [0, 0.1) is 0 Å². The van der Waals surface area contributed by atoms with Crippen LogP contribution in [0.15, 0.2) is 35.2 Å². The van der Waals surface area contributed by atoms with Crippen LogP contribution >= 0.6 is 0 Å². The van der Waals surface area contributed by atoms with Crippen molar-refractivity contribution in [2.24, 2.45) is 0 Å². The van der Waals surface area contributed by atoms with Crippen molar-refractivity contribution in [2.75, 3.05) is 5.75 Å². The number of hydrogen-bond acceptors (Lipinski definition) is 2. The maximum absolute atomic E-state index is 11.5. The largest absolute Gasteiger partial charge is 0.224 e. The molecule has 0 aliphatic heterocycles.